The van der Waals surface area contributed by atoms with Crippen LogP contribution >= 0.6 is 0 Å². The van der Waals surface area contributed by atoms with E-state index >= 15 is 0 Å². The van der Waals surface area contributed by atoms with E-state index < -0.39 is 0 Å². The summed E-state index contributed by atoms with van der Waals surface area (Å²) in [5.74, 6) is 1.30. The minimum atomic E-state index is -0.345. The number of amides is 2. The molecule has 0 aliphatic carbocycles. The summed E-state index contributed by atoms with van der Waals surface area (Å²) in [6, 6.07) is 17.3. The number of imidazole rings is 1. The molecule has 4 rings (SSSR count). The van der Waals surface area contributed by atoms with E-state index in [0.29, 0.717) is 24.6 Å². The minimum Gasteiger partial charge on any atom is -0.457 e. The fourth-order valence-electron chi connectivity index (χ4n) is 3.79. The van der Waals surface area contributed by atoms with Crippen LogP contribution in [0.5, 0.6) is 11.5 Å². The van der Waals surface area contributed by atoms with Crippen molar-refractivity contribution in [1.82, 2.24) is 25.2 Å². The first-order valence-electron chi connectivity index (χ1n) is 12.1. The van der Waals surface area contributed by atoms with Crippen molar-refractivity contribution in [3.05, 3.63) is 72.1 Å². The van der Waals surface area contributed by atoms with Gasteiger partial charge in [-0.15, -0.1) is 0 Å². The zero-order valence-electron chi connectivity index (χ0n) is 21.8. The van der Waals surface area contributed by atoms with Gasteiger partial charge in [-0.05, 0) is 41.3 Å². The van der Waals surface area contributed by atoms with Crippen molar-refractivity contribution in [1.29, 1.82) is 0 Å². The van der Waals surface area contributed by atoms with Gasteiger partial charge in [-0.3, -0.25) is 14.6 Å². The number of anilines is 2. The molecule has 2 amide bonds. The van der Waals surface area contributed by atoms with Gasteiger partial charge in [0, 0.05) is 51.1 Å². The maximum atomic E-state index is 12.4. The van der Waals surface area contributed by atoms with Crippen LogP contribution < -0.4 is 20.7 Å². The normalized spacial score (nSPS) is 11.3. The van der Waals surface area contributed by atoms with Gasteiger partial charge in [0.25, 0.3) is 5.91 Å². The van der Waals surface area contributed by atoms with Crippen LogP contribution in [0.15, 0.2) is 60.8 Å². The molecule has 37 heavy (non-hydrogen) atoms. The van der Waals surface area contributed by atoms with Crippen molar-refractivity contribution in [2.24, 2.45) is 7.05 Å². The van der Waals surface area contributed by atoms with Crippen molar-refractivity contribution in [3.8, 4) is 11.5 Å². The largest absolute Gasteiger partial charge is 0.457 e. The van der Waals surface area contributed by atoms with Crippen LogP contribution in [0.4, 0.5) is 11.6 Å². The maximum absolute atomic E-state index is 12.4. The van der Waals surface area contributed by atoms with Crippen LogP contribution in [0.3, 0.4) is 0 Å². The fraction of sp³-hybridized carbons (Fsp3) is 0.286. The van der Waals surface area contributed by atoms with Gasteiger partial charge in [0.05, 0.1) is 11.0 Å². The highest BCUT2D eigenvalue weighted by atomic mass is 16.5. The molecular formula is C28H32N6O3. The number of pyridine rings is 1. The summed E-state index contributed by atoms with van der Waals surface area (Å²) in [5, 5.41) is 8.77. The molecule has 4 aromatic rings. The number of fused-ring (bicyclic) bond motifs is 1. The number of ether oxygens (including phenoxy) is 1. The van der Waals surface area contributed by atoms with Crippen molar-refractivity contribution in [2.45, 2.75) is 33.1 Å². The van der Waals surface area contributed by atoms with Crippen molar-refractivity contribution >= 4 is 34.5 Å². The van der Waals surface area contributed by atoms with Crippen molar-refractivity contribution < 1.29 is 14.3 Å². The van der Waals surface area contributed by atoms with Crippen molar-refractivity contribution in [3.63, 3.8) is 0 Å². The monoisotopic (exact) mass is 500 g/mol. The Kier molecular flexibility index (Phi) is 7.42. The Morgan fingerprint density at radius 1 is 0.973 bits per heavy atom. The van der Waals surface area contributed by atoms with Crippen molar-refractivity contribution in [2.75, 3.05) is 18.4 Å². The summed E-state index contributed by atoms with van der Waals surface area (Å²) >= 11 is 0. The molecule has 2 aromatic heterocycles. The Balaban J connectivity index is 1.48. The maximum Gasteiger partial charge on any atom is 0.270 e. The molecule has 0 fully saturated rings. The third-order valence-corrected chi connectivity index (χ3v) is 5.82. The summed E-state index contributed by atoms with van der Waals surface area (Å²) in [6.45, 7) is 8.65. The number of nitrogens with one attached hydrogen (secondary N) is 3. The molecule has 0 aliphatic rings. The first-order valence-corrected chi connectivity index (χ1v) is 12.1. The van der Waals surface area contributed by atoms with Gasteiger partial charge >= 0.3 is 0 Å². The second-order valence-electron chi connectivity index (χ2n) is 9.82. The molecule has 2 aromatic carbocycles. The molecule has 2 heterocycles. The molecule has 0 saturated carbocycles. The van der Waals surface area contributed by atoms with Crippen LogP contribution in [0.25, 0.3) is 11.0 Å². The summed E-state index contributed by atoms with van der Waals surface area (Å²) in [7, 11) is 1.96. The lowest BCUT2D eigenvalue weighted by molar-refractivity contribution is -0.118. The SMILES string of the molecule is CC(=O)NCCNC(=O)c1cc(Oc2ccc3c(c2)nc(Nc2cccc(C(C)(C)C)c2)n3C)ccn1. The van der Waals surface area contributed by atoms with E-state index in [4.69, 9.17) is 9.72 Å². The minimum absolute atomic E-state index is 0.0521. The first-order chi connectivity index (χ1) is 17.6. The molecule has 0 saturated heterocycles. The topological polar surface area (TPSA) is 110 Å². The highest BCUT2D eigenvalue weighted by Gasteiger charge is 2.15. The van der Waals surface area contributed by atoms with E-state index in [0.717, 1.165) is 22.7 Å². The zero-order valence-corrected chi connectivity index (χ0v) is 21.8. The van der Waals surface area contributed by atoms with Gasteiger partial charge in [0.15, 0.2) is 0 Å². The van der Waals surface area contributed by atoms with Crippen LogP contribution in [0.2, 0.25) is 0 Å². The Hall–Kier alpha value is -4.40. The Morgan fingerprint density at radius 2 is 1.73 bits per heavy atom. The lowest BCUT2D eigenvalue weighted by Gasteiger charge is -2.20. The van der Waals surface area contributed by atoms with Crippen LogP contribution in [-0.2, 0) is 17.3 Å². The van der Waals surface area contributed by atoms with Gasteiger partial charge < -0.3 is 25.3 Å². The van der Waals surface area contributed by atoms with E-state index in [-0.39, 0.29) is 22.9 Å². The molecule has 3 N–H and O–H groups in total. The van der Waals surface area contributed by atoms with E-state index in [1.54, 1.807) is 12.1 Å². The number of hydrogen-bond donors (Lipinski definition) is 3. The molecule has 0 atom stereocenters. The lowest BCUT2D eigenvalue weighted by Crippen LogP contribution is -2.33. The fourth-order valence-corrected chi connectivity index (χ4v) is 3.79. The predicted molar refractivity (Wildman–Crippen MR) is 144 cm³/mol. The smallest absolute Gasteiger partial charge is 0.270 e. The number of carbonyl (C=O) groups excluding carboxylic acids is 2. The number of rotatable bonds is 8. The number of carbonyl (C=O) groups is 2. The number of aromatic nitrogens is 3. The molecule has 0 unspecified atom stereocenters. The molecule has 0 spiro atoms. The van der Waals surface area contributed by atoms with E-state index in [2.05, 4.69) is 53.8 Å². The third-order valence-electron chi connectivity index (χ3n) is 5.82. The Bertz CT molecular complexity index is 1440. The molecule has 0 bridgehead atoms. The number of hydrogen-bond acceptors (Lipinski definition) is 6. The molecular weight excluding hydrogens is 468 g/mol. The average molecular weight is 501 g/mol. The van der Waals surface area contributed by atoms with Crippen LogP contribution in [0, 0.1) is 0 Å². The Labute approximate surface area is 216 Å². The molecule has 0 radical (unpaired) electrons. The van der Waals surface area contributed by atoms with E-state index in [1.807, 2.05) is 41.9 Å². The molecule has 192 valence electrons. The quantitative estimate of drug-likeness (QED) is 0.303. The predicted octanol–water partition coefficient (Wildman–Crippen LogP) is 4.67. The second-order valence-corrected chi connectivity index (χ2v) is 9.82. The summed E-state index contributed by atoms with van der Waals surface area (Å²) in [6.07, 6.45) is 1.52. The summed E-state index contributed by atoms with van der Waals surface area (Å²) in [4.78, 5) is 32.2. The molecule has 9 nitrogen and oxygen atoms in total. The number of benzene rings is 2. The second kappa shape index (κ2) is 10.7. The standard InChI is InChI=1S/C28H32N6O3/c1-18(35)29-13-14-31-26(36)24-17-22(11-12-30-24)37-21-9-10-25-23(16-21)33-27(34(25)5)32-20-8-6-7-19(15-20)28(2,3)4/h6-12,15-17H,13-14H2,1-5H3,(H,29,35)(H,31,36)(H,32,33). The molecule has 9 heteroatoms. The first kappa shape index (κ1) is 25.7. The van der Waals surface area contributed by atoms with Gasteiger partial charge in [0.2, 0.25) is 11.9 Å². The highest BCUT2D eigenvalue weighted by Crippen LogP contribution is 2.29. The summed E-state index contributed by atoms with van der Waals surface area (Å²) < 4.78 is 8.01. The zero-order chi connectivity index (χ0) is 26.6. The average Bonchev–Trinajstić information content (AvgIpc) is 3.15. The van der Waals surface area contributed by atoms with Gasteiger partial charge in [-0.1, -0.05) is 32.9 Å². The van der Waals surface area contributed by atoms with Crippen LogP contribution in [-0.4, -0.2) is 39.4 Å². The van der Waals surface area contributed by atoms with E-state index in [9.17, 15) is 9.59 Å². The highest BCUT2D eigenvalue weighted by molar-refractivity contribution is 5.92. The number of aryl methyl sites for hydroxylation is 1. The van der Waals surface area contributed by atoms with Crippen LogP contribution in [0.1, 0.15) is 43.7 Å². The third kappa shape index (κ3) is 6.43. The van der Waals surface area contributed by atoms with Gasteiger partial charge in [-0.2, -0.15) is 0 Å². The molecule has 0 aliphatic heterocycles. The lowest BCUT2D eigenvalue weighted by atomic mass is 9.87. The number of nitrogens with zero attached hydrogens (tertiary/aromatic N) is 3. The Morgan fingerprint density at radius 3 is 2.49 bits per heavy atom. The van der Waals surface area contributed by atoms with Gasteiger partial charge in [-0.25, -0.2) is 4.98 Å². The van der Waals surface area contributed by atoms with E-state index in [1.165, 1.54) is 18.7 Å². The van der Waals surface area contributed by atoms with Gasteiger partial charge in [0.1, 0.15) is 17.2 Å². The summed E-state index contributed by atoms with van der Waals surface area (Å²) in [5.41, 5.74) is 4.22.